The molecule has 0 atom stereocenters. The Bertz CT molecular complexity index is 221. The number of carbonyl (C=O) groups is 1. The molecule has 1 aromatic rings. The number of aryl methyl sites for hydroxylation is 1. The number of unbranched alkanes of at least 4 members (excludes halogenated alkanes) is 2. The molecule has 0 aliphatic rings. The van der Waals surface area contributed by atoms with Crippen molar-refractivity contribution in [3.63, 3.8) is 0 Å². The molecular weight excluding hydrogens is 174 g/mol. The van der Waals surface area contributed by atoms with Gasteiger partial charge in [-0.2, -0.15) is 0 Å². The molecule has 0 bridgehead atoms. The van der Waals surface area contributed by atoms with E-state index >= 15 is 0 Å². The maximum atomic E-state index is 8.58. The molecule has 0 spiro atoms. The zero-order valence-corrected chi connectivity index (χ0v) is 8.78. The average Bonchev–Trinajstić information content (AvgIpc) is 2.21. The van der Waals surface area contributed by atoms with Crippen molar-refractivity contribution < 1.29 is 4.79 Å². The van der Waals surface area contributed by atoms with Gasteiger partial charge in [0.1, 0.15) is 0 Å². The van der Waals surface area contributed by atoms with Crippen LogP contribution in [0.4, 0.5) is 0 Å². The Kier molecular flexibility index (Phi) is 8.86. The van der Waals surface area contributed by atoms with E-state index in [1.807, 2.05) is 0 Å². The predicted molar refractivity (Wildman–Crippen MR) is 59.9 cm³/mol. The van der Waals surface area contributed by atoms with Crippen molar-refractivity contribution in [1.29, 1.82) is 0 Å². The van der Waals surface area contributed by atoms with Gasteiger partial charge in [-0.3, -0.25) is 4.79 Å². The SMILES string of the molecule is CCCCCc1ccccc1.NC=O. The van der Waals surface area contributed by atoms with E-state index in [0.29, 0.717) is 0 Å². The van der Waals surface area contributed by atoms with Gasteiger partial charge in [-0.15, -0.1) is 0 Å². The molecule has 0 fully saturated rings. The lowest BCUT2D eigenvalue weighted by Crippen LogP contribution is -1.83. The summed E-state index contributed by atoms with van der Waals surface area (Å²) in [6.07, 6.45) is 5.50. The number of amides is 1. The quantitative estimate of drug-likeness (QED) is 0.579. The molecule has 0 saturated carbocycles. The minimum Gasteiger partial charge on any atom is -0.372 e. The second kappa shape index (κ2) is 9.78. The van der Waals surface area contributed by atoms with Crippen LogP contribution in [0, 0.1) is 0 Å². The molecule has 14 heavy (non-hydrogen) atoms. The summed E-state index contributed by atoms with van der Waals surface area (Å²) in [6.45, 7) is 2.24. The van der Waals surface area contributed by atoms with Crippen LogP contribution < -0.4 is 5.73 Å². The highest BCUT2D eigenvalue weighted by Crippen LogP contribution is 2.05. The Hall–Kier alpha value is -1.31. The average molecular weight is 193 g/mol. The molecule has 0 aliphatic carbocycles. The smallest absolute Gasteiger partial charge is 0.204 e. The van der Waals surface area contributed by atoms with Gasteiger partial charge in [0.15, 0.2) is 0 Å². The van der Waals surface area contributed by atoms with Crippen molar-refractivity contribution in [1.82, 2.24) is 0 Å². The van der Waals surface area contributed by atoms with Gasteiger partial charge in [-0.25, -0.2) is 0 Å². The summed E-state index contributed by atoms with van der Waals surface area (Å²) in [4.78, 5) is 8.58. The molecule has 0 radical (unpaired) electrons. The summed E-state index contributed by atoms with van der Waals surface area (Å²) in [6, 6.07) is 10.7. The first kappa shape index (κ1) is 12.7. The highest BCUT2D eigenvalue weighted by molar-refractivity contribution is 5.42. The number of primary amides is 1. The number of carbonyl (C=O) groups excluding carboxylic acids is 1. The molecule has 2 heteroatoms. The summed E-state index contributed by atoms with van der Waals surface area (Å²) in [5.41, 5.74) is 5.64. The van der Waals surface area contributed by atoms with Crippen molar-refractivity contribution in [2.24, 2.45) is 5.73 Å². The topological polar surface area (TPSA) is 43.1 Å². The van der Waals surface area contributed by atoms with Crippen LogP contribution in [0.15, 0.2) is 30.3 Å². The molecule has 0 aromatic heterocycles. The third-order valence-electron chi connectivity index (χ3n) is 1.91. The lowest BCUT2D eigenvalue weighted by Gasteiger charge is -1.98. The third-order valence-corrected chi connectivity index (χ3v) is 1.91. The van der Waals surface area contributed by atoms with Crippen molar-refractivity contribution in [3.05, 3.63) is 35.9 Å². The van der Waals surface area contributed by atoms with E-state index < -0.39 is 0 Å². The van der Waals surface area contributed by atoms with E-state index in [9.17, 15) is 0 Å². The second-order valence-corrected chi connectivity index (χ2v) is 3.08. The standard InChI is InChI=1S/C11H16.CH3NO/c1-2-3-5-8-11-9-6-4-7-10-11;2-1-3/h4,6-7,9-10H,2-3,5,8H2,1H3;1H,(H2,2,3). The fourth-order valence-electron chi connectivity index (χ4n) is 1.22. The van der Waals surface area contributed by atoms with Crippen LogP contribution in [0.25, 0.3) is 0 Å². The molecule has 1 aromatic carbocycles. The van der Waals surface area contributed by atoms with Crippen LogP contribution in [0.1, 0.15) is 31.7 Å². The van der Waals surface area contributed by atoms with Gasteiger partial charge in [0.2, 0.25) is 6.41 Å². The van der Waals surface area contributed by atoms with E-state index in [-0.39, 0.29) is 6.41 Å². The summed E-state index contributed by atoms with van der Waals surface area (Å²) in [5, 5.41) is 0. The van der Waals surface area contributed by atoms with Crippen LogP contribution in [0.3, 0.4) is 0 Å². The van der Waals surface area contributed by atoms with Crippen LogP contribution in [-0.2, 0) is 11.2 Å². The first-order valence-electron chi connectivity index (χ1n) is 5.04. The summed E-state index contributed by atoms with van der Waals surface area (Å²) >= 11 is 0. The molecule has 78 valence electrons. The monoisotopic (exact) mass is 193 g/mol. The number of hydrogen-bond acceptors (Lipinski definition) is 1. The van der Waals surface area contributed by atoms with Gasteiger partial charge in [-0.1, -0.05) is 50.1 Å². The largest absolute Gasteiger partial charge is 0.372 e. The maximum absolute atomic E-state index is 8.58. The Balaban J connectivity index is 0.000000500. The van der Waals surface area contributed by atoms with E-state index in [1.165, 1.54) is 31.2 Å². The van der Waals surface area contributed by atoms with Gasteiger partial charge in [0.25, 0.3) is 0 Å². The van der Waals surface area contributed by atoms with E-state index in [2.05, 4.69) is 43.0 Å². The zero-order valence-electron chi connectivity index (χ0n) is 8.78. The maximum Gasteiger partial charge on any atom is 0.204 e. The van der Waals surface area contributed by atoms with Crippen LogP contribution >= 0.6 is 0 Å². The predicted octanol–water partition coefficient (Wildman–Crippen LogP) is 2.52. The van der Waals surface area contributed by atoms with E-state index in [1.54, 1.807) is 0 Å². The molecule has 0 unspecified atom stereocenters. The number of nitrogens with two attached hydrogens (primary N) is 1. The number of rotatable bonds is 4. The van der Waals surface area contributed by atoms with Gasteiger partial charge >= 0.3 is 0 Å². The number of hydrogen-bond donors (Lipinski definition) is 1. The summed E-state index contributed by atoms with van der Waals surface area (Å²) < 4.78 is 0. The first-order valence-corrected chi connectivity index (χ1v) is 5.04. The van der Waals surface area contributed by atoms with Crippen molar-refractivity contribution in [3.8, 4) is 0 Å². The van der Waals surface area contributed by atoms with Crippen molar-refractivity contribution in [2.45, 2.75) is 32.6 Å². The minimum atomic E-state index is 0.250. The Morgan fingerprint density at radius 2 is 1.79 bits per heavy atom. The first-order chi connectivity index (χ1) is 6.85. The molecule has 0 aliphatic heterocycles. The Morgan fingerprint density at radius 1 is 1.21 bits per heavy atom. The Labute approximate surface area is 86.1 Å². The van der Waals surface area contributed by atoms with Gasteiger partial charge in [-0.05, 0) is 18.4 Å². The third kappa shape index (κ3) is 7.35. The lowest BCUT2D eigenvalue weighted by atomic mass is 10.1. The molecular formula is C12H19NO. The minimum absolute atomic E-state index is 0.250. The summed E-state index contributed by atoms with van der Waals surface area (Å²) in [5.74, 6) is 0. The molecule has 1 amide bonds. The van der Waals surface area contributed by atoms with E-state index in [0.717, 1.165) is 0 Å². The summed E-state index contributed by atoms with van der Waals surface area (Å²) in [7, 11) is 0. The van der Waals surface area contributed by atoms with Crippen molar-refractivity contribution in [2.75, 3.05) is 0 Å². The van der Waals surface area contributed by atoms with Crippen LogP contribution in [0.5, 0.6) is 0 Å². The fourth-order valence-corrected chi connectivity index (χ4v) is 1.22. The molecule has 2 nitrogen and oxygen atoms in total. The number of benzene rings is 1. The fraction of sp³-hybridized carbons (Fsp3) is 0.417. The molecule has 1 rings (SSSR count). The Morgan fingerprint density at radius 3 is 2.29 bits per heavy atom. The molecule has 2 N–H and O–H groups in total. The van der Waals surface area contributed by atoms with Gasteiger partial charge in [0, 0.05) is 0 Å². The molecule has 0 heterocycles. The van der Waals surface area contributed by atoms with Crippen LogP contribution in [0.2, 0.25) is 0 Å². The highest BCUT2D eigenvalue weighted by Gasteiger charge is 1.89. The normalized spacial score (nSPS) is 8.64. The van der Waals surface area contributed by atoms with Crippen molar-refractivity contribution >= 4 is 6.41 Å². The molecule has 0 saturated heterocycles. The van der Waals surface area contributed by atoms with Gasteiger partial charge in [0.05, 0.1) is 0 Å². The second-order valence-electron chi connectivity index (χ2n) is 3.08. The van der Waals surface area contributed by atoms with E-state index in [4.69, 9.17) is 4.79 Å². The zero-order chi connectivity index (χ0) is 10.6. The highest BCUT2D eigenvalue weighted by atomic mass is 16.1. The lowest BCUT2D eigenvalue weighted by molar-refractivity contribution is -0.106. The van der Waals surface area contributed by atoms with Crippen LogP contribution in [-0.4, -0.2) is 6.41 Å². The van der Waals surface area contributed by atoms with Gasteiger partial charge < -0.3 is 5.73 Å².